The van der Waals surface area contributed by atoms with E-state index in [9.17, 15) is 9.18 Å². The molecule has 1 heterocycles. The first-order chi connectivity index (χ1) is 8.00. The molecule has 17 heavy (non-hydrogen) atoms. The minimum absolute atomic E-state index is 0.0843. The molecule has 0 saturated carbocycles. The van der Waals surface area contributed by atoms with Crippen molar-refractivity contribution in [2.24, 2.45) is 0 Å². The van der Waals surface area contributed by atoms with Crippen molar-refractivity contribution in [2.45, 2.75) is 6.92 Å². The van der Waals surface area contributed by atoms with Gasteiger partial charge in [-0.1, -0.05) is 6.07 Å². The Kier molecular flexibility index (Phi) is 2.85. The standard InChI is InChI=1S/C12H10FNO2S/c1-6-4-7(2-3-9(6)13)8-5-17-11(14)10(8)12(15)16/h2-5H,14H2,1H3,(H,15,16). The Balaban J connectivity index is 2.60. The molecule has 0 fully saturated rings. The van der Waals surface area contributed by atoms with Crippen molar-refractivity contribution in [3.63, 3.8) is 0 Å². The zero-order valence-corrected chi connectivity index (χ0v) is 9.84. The summed E-state index contributed by atoms with van der Waals surface area (Å²) < 4.78 is 13.1. The lowest BCUT2D eigenvalue weighted by Gasteiger charge is -2.03. The quantitative estimate of drug-likeness (QED) is 0.861. The van der Waals surface area contributed by atoms with Crippen LogP contribution in [-0.2, 0) is 0 Å². The zero-order valence-electron chi connectivity index (χ0n) is 9.03. The molecule has 5 heteroatoms. The summed E-state index contributed by atoms with van der Waals surface area (Å²) in [6.45, 7) is 1.63. The minimum Gasteiger partial charge on any atom is -0.478 e. The van der Waals surface area contributed by atoms with Crippen LogP contribution in [0.3, 0.4) is 0 Å². The number of hydrogen-bond donors (Lipinski definition) is 2. The SMILES string of the molecule is Cc1cc(-c2csc(N)c2C(=O)O)ccc1F. The fraction of sp³-hybridized carbons (Fsp3) is 0.0833. The summed E-state index contributed by atoms with van der Waals surface area (Å²) in [7, 11) is 0. The fourth-order valence-corrected chi connectivity index (χ4v) is 2.43. The molecule has 1 aromatic heterocycles. The summed E-state index contributed by atoms with van der Waals surface area (Å²) in [5.74, 6) is -1.38. The number of nitrogen functional groups attached to an aromatic ring is 1. The van der Waals surface area contributed by atoms with Crippen LogP contribution in [0.2, 0.25) is 0 Å². The number of halogens is 1. The van der Waals surface area contributed by atoms with Crippen LogP contribution >= 0.6 is 11.3 Å². The van der Waals surface area contributed by atoms with E-state index in [1.807, 2.05) is 0 Å². The van der Waals surface area contributed by atoms with E-state index in [2.05, 4.69) is 0 Å². The van der Waals surface area contributed by atoms with Crippen LogP contribution in [0.5, 0.6) is 0 Å². The second-order valence-corrected chi connectivity index (χ2v) is 4.57. The van der Waals surface area contributed by atoms with E-state index in [1.165, 1.54) is 17.4 Å². The lowest BCUT2D eigenvalue weighted by molar-refractivity contribution is 0.0699. The Morgan fingerprint density at radius 2 is 2.18 bits per heavy atom. The number of thiophene rings is 1. The van der Waals surface area contributed by atoms with Crippen molar-refractivity contribution in [3.8, 4) is 11.1 Å². The number of hydrogen-bond acceptors (Lipinski definition) is 3. The first-order valence-electron chi connectivity index (χ1n) is 4.87. The highest BCUT2D eigenvalue weighted by Gasteiger charge is 2.17. The molecule has 0 unspecified atom stereocenters. The number of nitrogens with two attached hydrogens (primary N) is 1. The number of carboxylic acids is 1. The molecule has 0 aliphatic carbocycles. The average molecular weight is 251 g/mol. The third-order valence-electron chi connectivity index (χ3n) is 2.50. The van der Waals surface area contributed by atoms with Crippen molar-refractivity contribution < 1.29 is 14.3 Å². The molecule has 0 aliphatic rings. The van der Waals surface area contributed by atoms with Gasteiger partial charge in [0, 0.05) is 10.9 Å². The molecule has 0 spiro atoms. The van der Waals surface area contributed by atoms with Crippen molar-refractivity contribution in [2.75, 3.05) is 5.73 Å². The molecule has 3 N–H and O–H groups in total. The zero-order chi connectivity index (χ0) is 12.6. The number of carboxylic acid groups (broad SMARTS) is 1. The van der Waals surface area contributed by atoms with E-state index in [4.69, 9.17) is 10.8 Å². The number of benzene rings is 1. The molecule has 88 valence electrons. The highest BCUT2D eigenvalue weighted by atomic mass is 32.1. The van der Waals surface area contributed by atoms with E-state index < -0.39 is 5.97 Å². The van der Waals surface area contributed by atoms with Gasteiger partial charge >= 0.3 is 5.97 Å². The molecule has 0 bridgehead atoms. The highest BCUT2D eigenvalue weighted by molar-refractivity contribution is 7.14. The van der Waals surface area contributed by atoms with Gasteiger partial charge in [0.15, 0.2) is 0 Å². The summed E-state index contributed by atoms with van der Waals surface area (Å²) in [6.07, 6.45) is 0. The van der Waals surface area contributed by atoms with Gasteiger partial charge in [-0.15, -0.1) is 11.3 Å². The van der Waals surface area contributed by atoms with E-state index >= 15 is 0 Å². The maximum Gasteiger partial charge on any atom is 0.339 e. The van der Waals surface area contributed by atoms with E-state index in [0.717, 1.165) is 0 Å². The van der Waals surface area contributed by atoms with Crippen LogP contribution in [-0.4, -0.2) is 11.1 Å². The summed E-state index contributed by atoms with van der Waals surface area (Å²) in [6, 6.07) is 4.49. The van der Waals surface area contributed by atoms with Crippen LogP contribution in [0.25, 0.3) is 11.1 Å². The van der Waals surface area contributed by atoms with E-state index in [-0.39, 0.29) is 16.4 Å². The maximum absolute atomic E-state index is 13.1. The average Bonchev–Trinajstić information content (AvgIpc) is 2.64. The number of aryl methyl sites for hydroxylation is 1. The summed E-state index contributed by atoms with van der Waals surface area (Å²) in [4.78, 5) is 11.1. The van der Waals surface area contributed by atoms with Crippen molar-refractivity contribution in [3.05, 3.63) is 40.5 Å². The maximum atomic E-state index is 13.1. The molecule has 0 amide bonds. The van der Waals surface area contributed by atoms with Crippen LogP contribution < -0.4 is 5.73 Å². The molecule has 3 nitrogen and oxygen atoms in total. The summed E-state index contributed by atoms with van der Waals surface area (Å²) in [5.41, 5.74) is 7.36. The van der Waals surface area contributed by atoms with Crippen LogP contribution in [0.1, 0.15) is 15.9 Å². The molecular weight excluding hydrogens is 241 g/mol. The first-order valence-corrected chi connectivity index (χ1v) is 5.75. The molecule has 1 aromatic carbocycles. The van der Waals surface area contributed by atoms with Gasteiger partial charge in [0.1, 0.15) is 16.4 Å². The Labute approximate surface area is 101 Å². The molecule has 0 saturated heterocycles. The molecule has 0 radical (unpaired) electrons. The van der Waals surface area contributed by atoms with E-state index in [1.54, 1.807) is 24.4 Å². The number of anilines is 1. The minimum atomic E-state index is -1.07. The Morgan fingerprint density at radius 3 is 2.76 bits per heavy atom. The van der Waals surface area contributed by atoms with Gasteiger partial charge < -0.3 is 10.8 Å². The monoisotopic (exact) mass is 251 g/mol. The Morgan fingerprint density at radius 1 is 1.47 bits per heavy atom. The smallest absolute Gasteiger partial charge is 0.339 e. The van der Waals surface area contributed by atoms with Crippen molar-refractivity contribution in [1.29, 1.82) is 0 Å². The molecule has 2 aromatic rings. The first kappa shape index (κ1) is 11.6. The van der Waals surface area contributed by atoms with Crippen molar-refractivity contribution >= 4 is 22.3 Å². The van der Waals surface area contributed by atoms with E-state index in [0.29, 0.717) is 16.7 Å². The third-order valence-corrected chi connectivity index (χ3v) is 3.31. The van der Waals surface area contributed by atoms with Gasteiger partial charge in [-0.3, -0.25) is 0 Å². The molecule has 0 aliphatic heterocycles. The number of aromatic carboxylic acids is 1. The number of rotatable bonds is 2. The predicted octanol–water partition coefficient (Wildman–Crippen LogP) is 3.14. The largest absolute Gasteiger partial charge is 0.478 e. The Hall–Kier alpha value is -1.88. The lowest BCUT2D eigenvalue weighted by atomic mass is 10.0. The summed E-state index contributed by atoms with van der Waals surface area (Å²) >= 11 is 1.17. The van der Waals surface area contributed by atoms with Gasteiger partial charge in [-0.2, -0.15) is 0 Å². The second-order valence-electron chi connectivity index (χ2n) is 3.66. The lowest BCUT2D eigenvalue weighted by Crippen LogP contribution is -2.00. The summed E-state index contributed by atoms with van der Waals surface area (Å²) in [5, 5.41) is 11.0. The van der Waals surface area contributed by atoms with Crippen LogP contribution in [0.15, 0.2) is 23.6 Å². The van der Waals surface area contributed by atoms with Gasteiger partial charge in [0.2, 0.25) is 0 Å². The Bertz CT molecular complexity index is 592. The van der Waals surface area contributed by atoms with Gasteiger partial charge in [-0.25, -0.2) is 9.18 Å². The fourth-order valence-electron chi connectivity index (χ4n) is 1.62. The normalized spacial score (nSPS) is 10.5. The van der Waals surface area contributed by atoms with Crippen LogP contribution in [0, 0.1) is 12.7 Å². The predicted molar refractivity (Wildman–Crippen MR) is 65.8 cm³/mol. The highest BCUT2D eigenvalue weighted by Crippen LogP contribution is 2.34. The van der Waals surface area contributed by atoms with Crippen LogP contribution in [0.4, 0.5) is 9.39 Å². The number of carbonyl (C=O) groups is 1. The molecule has 0 atom stereocenters. The van der Waals surface area contributed by atoms with Gasteiger partial charge in [0.25, 0.3) is 0 Å². The van der Waals surface area contributed by atoms with Crippen molar-refractivity contribution in [1.82, 2.24) is 0 Å². The molecule has 2 rings (SSSR count). The topological polar surface area (TPSA) is 63.3 Å². The van der Waals surface area contributed by atoms with Gasteiger partial charge in [0.05, 0.1) is 0 Å². The molecular formula is C12H10FNO2S. The third kappa shape index (κ3) is 2.01. The second kappa shape index (κ2) is 4.18. The van der Waals surface area contributed by atoms with Gasteiger partial charge in [-0.05, 0) is 30.2 Å².